The summed E-state index contributed by atoms with van der Waals surface area (Å²) in [5.74, 6) is -0.326. The van der Waals surface area contributed by atoms with Gasteiger partial charge in [0.25, 0.3) is 5.91 Å². The molecule has 0 bridgehead atoms. The maximum absolute atomic E-state index is 13.9. The number of alkyl carbamates (subject to hydrolysis) is 1. The molecule has 0 radical (unpaired) electrons. The predicted molar refractivity (Wildman–Crippen MR) is 167 cm³/mol. The summed E-state index contributed by atoms with van der Waals surface area (Å²) in [6.07, 6.45) is 1.31. The summed E-state index contributed by atoms with van der Waals surface area (Å²) in [5.41, 5.74) is 1.18. The number of carbonyl (C=O) groups is 3. The molecule has 1 unspecified atom stereocenters. The zero-order valence-corrected chi connectivity index (χ0v) is 26.0. The first-order valence-electron chi connectivity index (χ1n) is 15.2. The maximum atomic E-state index is 13.9. The van der Waals surface area contributed by atoms with Crippen LogP contribution in [0.15, 0.2) is 65.5 Å². The van der Waals surface area contributed by atoms with Crippen molar-refractivity contribution in [1.82, 2.24) is 24.7 Å². The minimum Gasteiger partial charge on any atom is -0.445 e. The number of aromatic nitrogens is 2. The second kappa shape index (κ2) is 14.8. The van der Waals surface area contributed by atoms with Crippen molar-refractivity contribution in [1.29, 1.82) is 0 Å². The number of hydrogen-bond donors (Lipinski definition) is 2. The molecule has 1 aromatic heterocycles. The first-order chi connectivity index (χ1) is 21.1. The van der Waals surface area contributed by atoms with Gasteiger partial charge < -0.3 is 29.6 Å². The minimum absolute atomic E-state index is 0.130. The lowest BCUT2D eigenvalue weighted by atomic mass is 10.1. The third kappa shape index (κ3) is 8.52. The second-order valence-electron chi connectivity index (χ2n) is 11.9. The molecule has 4 rings (SSSR count). The number of benzene rings is 2. The van der Waals surface area contributed by atoms with E-state index in [1.54, 1.807) is 14.4 Å². The highest BCUT2D eigenvalue weighted by molar-refractivity contribution is 5.98. The third-order valence-corrected chi connectivity index (χ3v) is 7.36. The van der Waals surface area contributed by atoms with Crippen LogP contribution in [0.2, 0.25) is 0 Å². The van der Waals surface area contributed by atoms with Crippen LogP contribution in [-0.2, 0) is 16.1 Å². The number of H-pyrrole nitrogens is 1. The Labute approximate surface area is 258 Å². The Hall–Kier alpha value is -4.54. The Balaban J connectivity index is 1.56. The quantitative estimate of drug-likeness (QED) is 0.328. The van der Waals surface area contributed by atoms with Crippen LogP contribution >= 0.6 is 0 Å². The van der Waals surface area contributed by atoms with Gasteiger partial charge >= 0.3 is 17.9 Å². The number of rotatable bonds is 10. The van der Waals surface area contributed by atoms with Crippen LogP contribution in [0.1, 0.15) is 69.1 Å². The van der Waals surface area contributed by atoms with E-state index in [0.717, 1.165) is 18.4 Å². The van der Waals surface area contributed by atoms with E-state index in [0.29, 0.717) is 43.9 Å². The summed E-state index contributed by atoms with van der Waals surface area (Å²) in [5, 5.41) is 2.82. The van der Waals surface area contributed by atoms with Crippen molar-refractivity contribution in [3.63, 3.8) is 0 Å². The molecule has 1 aliphatic rings. The van der Waals surface area contributed by atoms with Gasteiger partial charge in [0.1, 0.15) is 17.9 Å². The van der Waals surface area contributed by atoms with Gasteiger partial charge in [-0.1, -0.05) is 80.4 Å². The van der Waals surface area contributed by atoms with Gasteiger partial charge in [-0.3, -0.25) is 9.36 Å². The first kappa shape index (κ1) is 32.4. The van der Waals surface area contributed by atoms with E-state index in [1.807, 2.05) is 81.4 Å². The van der Waals surface area contributed by atoms with Crippen LogP contribution in [0.25, 0.3) is 11.3 Å². The molecule has 1 fully saturated rings. The zero-order chi connectivity index (χ0) is 31.7. The molecule has 44 heavy (non-hydrogen) atoms. The lowest BCUT2D eigenvalue weighted by Crippen LogP contribution is -2.51. The molecule has 0 aliphatic carbocycles. The summed E-state index contributed by atoms with van der Waals surface area (Å²) >= 11 is 0. The Morgan fingerprint density at radius 1 is 0.932 bits per heavy atom. The molecule has 2 N–H and O–H groups in total. The summed E-state index contributed by atoms with van der Waals surface area (Å²) in [6.45, 7) is 9.01. The molecule has 3 amide bonds. The highest BCUT2D eigenvalue weighted by Crippen LogP contribution is 2.28. The highest BCUT2D eigenvalue weighted by atomic mass is 16.6. The maximum Gasteiger partial charge on any atom is 0.410 e. The molecule has 3 aromatic rings. The second-order valence-corrected chi connectivity index (χ2v) is 11.9. The number of amides is 3. The topological polar surface area (TPSA) is 126 Å². The molecule has 1 saturated heterocycles. The molecule has 0 spiro atoms. The van der Waals surface area contributed by atoms with Gasteiger partial charge in [-0.2, -0.15) is 0 Å². The molecule has 2 heterocycles. The number of piperazine rings is 1. The van der Waals surface area contributed by atoms with Crippen molar-refractivity contribution in [2.45, 2.75) is 65.2 Å². The van der Waals surface area contributed by atoms with E-state index in [9.17, 15) is 19.2 Å². The number of imidazole rings is 1. The van der Waals surface area contributed by atoms with Crippen LogP contribution in [-0.4, -0.2) is 75.8 Å². The minimum atomic E-state index is -0.612. The number of aromatic amines is 1. The van der Waals surface area contributed by atoms with Crippen LogP contribution in [0.4, 0.5) is 9.59 Å². The van der Waals surface area contributed by atoms with Crippen molar-refractivity contribution in [2.24, 2.45) is 0 Å². The fourth-order valence-electron chi connectivity index (χ4n) is 5.15. The number of nitrogens with one attached hydrogen (secondary N) is 2. The van der Waals surface area contributed by atoms with E-state index < -0.39 is 29.5 Å². The summed E-state index contributed by atoms with van der Waals surface area (Å²) in [6, 6.07) is 18.3. The smallest absolute Gasteiger partial charge is 0.410 e. The average molecular weight is 606 g/mol. The first-order valence-corrected chi connectivity index (χ1v) is 15.2. The highest BCUT2D eigenvalue weighted by Gasteiger charge is 2.32. The van der Waals surface area contributed by atoms with Gasteiger partial charge in [-0.15, -0.1) is 0 Å². The van der Waals surface area contributed by atoms with Crippen molar-refractivity contribution >= 4 is 18.1 Å². The molecular weight excluding hydrogens is 562 g/mol. The molecule has 1 aliphatic heterocycles. The Bertz CT molecular complexity index is 1450. The monoisotopic (exact) mass is 605 g/mol. The summed E-state index contributed by atoms with van der Waals surface area (Å²) < 4.78 is 12.5. The molecule has 0 saturated carbocycles. The standard InChI is InChI=1S/C33H43N5O6/c1-5-6-17-26(22-34-31(41)43-23-24-13-9-7-10-14-24)38-28(25-15-11-8-12-16-25)27(35-30(38)40)29(39)36-18-20-37(21-19-36)32(42)44-33(2,3)4/h7-16,26H,5-6,17-23H2,1-4H3,(H,34,41)(H,35,40). The van der Waals surface area contributed by atoms with Crippen LogP contribution in [0.3, 0.4) is 0 Å². The van der Waals surface area contributed by atoms with Gasteiger partial charge in [-0.05, 0) is 32.8 Å². The van der Waals surface area contributed by atoms with Gasteiger partial charge in [0.15, 0.2) is 0 Å². The molecule has 11 heteroatoms. The molecule has 236 valence electrons. The molecular formula is C33H43N5O6. The Kier molecular flexibility index (Phi) is 10.9. The lowest BCUT2D eigenvalue weighted by Gasteiger charge is -2.35. The third-order valence-electron chi connectivity index (χ3n) is 7.36. The van der Waals surface area contributed by atoms with Crippen LogP contribution in [0, 0.1) is 0 Å². The zero-order valence-electron chi connectivity index (χ0n) is 26.0. The van der Waals surface area contributed by atoms with Crippen molar-refractivity contribution in [3.05, 3.63) is 82.4 Å². The van der Waals surface area contributed by atoms with Crippen LogP contribution in [0.5, 0.6) is 0 Å². The predicted octanol–water partition coefficient (Wildman–Crippen LogP) is 5.19. The fourth-order valence-corrected chi connectivity index (χ4v) is 5.15. The fraction of sp³-hybridized carbons (Fsp3) is 0.455. The largest absolute Gasteiger partial charge is 0.445 e. The van der Waals surface area contributed by atoms with E-state index >= 15 is 0 Å². The van der Waals surface area contributed by atoms with Gasteiger partial charge in [0.2, 0.25) is 0 Å². The normalized spacial score (nSPS) is 14.2. The van der Waals surface area contributed by atoms with E-state index in [4.69, 9.17) is 9.47 Å². The van der Waals surface area contributed by atoms with Gasteiger partial charge in [0, 0.05) is 38.3 Å². The molecule has 1 atom stereocenters. The van der Waals surface area contributed by atoms with E-state index in [2.05, 4.69) is 17.2 Å². The van der Waals surface area contributed by atoms with Crippen molar-refractivity contribution in [2.75, 3.05) is 32.7 Å². The Morgan fingerprint density at radius 2 is 1.55 bits per heavy atom. The van der Waals surface area contributed by atoms with Crippen molar-refractivity contribution in [3.8, 4) is 11.3 Å². The number of unbranched alkanes of at least 4 members (excludes halogenated alkanes) is 1. The van der Waals surface area contributed by atoms with Gasteiger partial charge in [-0.25, -0.2) is 14.4 Å². The summed E-state index contributed by atoms with van der Waals surface area (Å²) in [7, 11) is 0. The summed E-state index contributed by atoms with van der Waals surface area (Å²) in [4.78, 5) is 58.7. The number of hydrogen-bond acceptors (Lipinski definition) is 6. The van der Waals surface area contributed by atoms with E-state index in [1.165, 1.54) is 0 Å². The van der Waals surface area contributed by atoms with Crippen molar-refractivity contribution < 1.29 is 23.9 Å². The number of nitrogens with zero attached hydrogens (tertiary/aromatic N) is 3. The SMILES string of the molecule is CCCCC(CNC(=O)OCc1ccccc1)n1c(-c2ccccc2)c(C(=O)N2CCN(C(=O)OC(C)(C)C)CC2)[nH]c1=O. The number of ether oxygens (including phenoxy) is 2. The molecule has 2 aromatic carbocycles. The van der Waals surface area contributed by atoms with Crippen LogP contribution < -0.4 is 11.0 Å². The average Bonchev–Trinajstić information content (AvgIpc) is 3.36. The van der Waals surface area contributed by atoms with Gasteiger partial charge in [0.05, 0.1) is 11.7 Å². The van der Waals surface area contributed by atoms with E-state index in [-0.39, 0.29) is 24.8 Å². The lowest BCUT2D eigenvalue weighted by molar-refractivity contribution is 0.0140. The Morgan fingerprint density at radius 3 is 2.16 bits per heavy atom. The number of carbonyl (C=O) groups excluding carboxylic acids is 3. The molecule has 11 nitrogen and oxygen atoms in total.